The number of phenols is 1. The zero-order valence-corrected chi connectivity index (χ0v) is 14.6. The molecule has 0 bridgehead atoms. The summed E-state index contributed by atoms with van der Waals surface area (Å²) >= 11 is 5.84. The van der Waals surface area contributed by atoms with Crippen molar-refractivity contribution in [1.29, 1.82) is 0 Å². The van der Waals surface area contributed by atoms with Crippen molar-refractivity contribution in [2.24, 2.45) is 0 Å². The van der Waals surface area contributed by atoms with E-state index in [1.807, 2.05) is 0 Å². The van der Waals surface area contributed by atoms with Crippen molar-refractivity contribution in [1.82, 2.24) is 0 Å². The van der Waals surface area contributed by atoms with E-state index in [1.165, 1.54) is 29.2 Å². The minimum Gasteiger partial charge on any atom is -0.508 e. The molecule has 2 unspecified atom stereocenters. The Kier molecular flexibility index (Phi) is 4.73. The third-order valence-electron chi connectivity index (χ3n) is 4.04. The summed E-state index contributed by atoms with van der Waals surface area (Å²) in [5.41, 5.74) is 0.602. The number of amides is 1. The number of rotatable bonds is 3. The maximum atomic E-state index is 13.0. The fourth-order valence-corrected chi connectivity index (χ4v) is 4.79. The summed E-state index contributed by atoms with van der Waals surface area (Å²) in [6.45, 7) is 0. The number of aliphatic hydroxyl groups excluding tert-OH is 1. The van der Waals surface area contributed by atoms with Gasteiger partial charge in [0.15, 0.2) is 9.84 Å². The van der Waals surface area contributed by atoms with Crippen LogP contribution >= 0.6 is 11.6 Å². The summed E-state index contributed by atoms with van der Waals surface area (Å²) in [6.07, 6.45) is -1.21. The van der Waals surface area contributed by atoms with E-state index in [0.717, 1.165) is 0 Å². The zero-order valence-electron chi connectivity index (χ0n) is 13.0. The van der Waals surface area contributed by atoms with Crippen LogP contribution in [0.5, 0.6) is 5.75 Å². The molecule has 2 aromatic rings. The van der Waals surface area contributed by atoms with Gasteiger partial charge < -0.3 is 15.1 Å². The fraction of sp³-hybridized carbons (Fsp3) is 0.235. The molecule has 0 aliphatic carbocycles. The Morgan fingerprint density at radius 1 is 1.12 bits per heavy atom. The van der Waals surface area contributed by atoms with Crippen molar-refractivity contribution in [3.63, 3.8) is 0 Å². The quantitative estimate of drug-likeness (QED) is 0.846. The van der Waals surface area contributed by atoms with Crippen molar-refractivity contribution in [2.45, 2.75) is 12.1 Å². The summed E-state index contributed by atoms with van der Waals surface area (Å²) < 4.78 is 23.8. The second kappa shape index (κ2) is 6.67. The van der Waals surface area contributed by atoms with Crippen molar-refractivity contribution >= 4 is 33.0 Å². The van der Waals surface area contributed by atoms with E-state index in [2.05, 4.69) is 0 Å². The number of aromatic hydroxyl groups is 1. The molecule has 1 saturated heterocycles. The van der Waals surface area contributed by atoms with Gasteiger partial charge in [0.1, 0.15) is 5.75 Å². The van der Waals surface area contributed by atoms with Crippen LogP contribution in [0.1, 0.15) is 10.4 Å². The number of anilines is 1. The number of nitrogens with zero attached hydrogens (tertiary/aromatic N) is 1. The van der Waals surface area contributed by atoms with Gasteiger partial charge in [0.05, 0.1) is 23.7 Å². The molecule has 3 rings (SSSR count). The maximum Gasteiger partial charge on any atom is 0.258 e. The van der Waals surface area contributed by atoms with Crippen LogP contribution in [0.25, 0.3) is 0 Å². The van der Waals surface area contributed by atoms with Gasteiger partial charge in [0.2, 0.25) is 0 Å². The number of carbonyl (C=O) groups is 1. The normalized spacial score (nSPS) is 21.8. The molecule has 6 nitrogen and oxygen atoms in total. The van der Waals surface area contributed by atoms with Crippen molar-refractivity contribution in [3.05, 3.63) is 59.1 Å². The summed E-state index contributed by atoms with van der Waals surface area (Å²) in [7, 11) is -3.46. The molecule has 132 valence electrons. The second-order valence-corrected chi connectivity index (χ2v) is 8.50. The Hall–Kier alpha value is -2.09. The largest absolute Gasteiger partial charge is 0.508 e. The van der Waals surface area contributed by atoms with E-state index in [1.54, 1.807) is 24.3 Å². The van der Waals surface area contributed by atoms with Crippen molar-refractivity contribution < 1.29 is 23.4 Å². The first kappa shape index (κ1) is 17.7. The molecule has 0 saturated carbocycles. The molecule has 2 aromatic carbocycles. The fourth-order valence-electron chi connectivity index (χ4n) is 2.89. The summed E-state index contributed by atoms with van der Waals surface area (Å²) in [6, 6.07) is 11.1. The van der Waals surface area contributed by atoms with Gasteiger partial charge in [0.25, 0.3) is 5.91 Å². The second-order valence-electron chi connectivity index (χ2n) is 5.91. The summed E-state index contributed by atoms with van der Waals surface area (Å²) in [5.74, 6) is -1.30. The van der Waals surface area contributed by atoms with E-state index in [-0.39, 0.29) is 11.5 Å². The number of benzene rings is 2. The Bertz CT molecular complexity index is 898. The number of phenolic OH excluding ortho intramolecular Hbond substituents is 1. The van der Waals surface area contributed by atoms with Crippen LogP contribution in [0.2, 0.25) is 5.02 Å². The van der Waals surface area contributed by atoms with Gasteiger partial charge >= 0.3 is 0 Å². The van der Waals surface area contributed by atoms with Gasteiger partial charge in [-0.15, -0.1) is 0 Å². The van der Waals surface area contributed by atoms with Crippen LogP contribution in [0.3, 0.4) is 0 Å². The van der Waals surface area contributed by atoms with Gasteiger partial charge in [-0.3, -0.25) is 4.79 Å². The van der Waals surface area contributed by atoms with Crippen molar-refractivity contribution in [2.75, 3.05) is 16.4 Å². The standard InChI is InChI=1S/C17H16ClNO5S/c18-12-6-4-11(5-7-12)17(22)19(13-2-1-3-14(20)8-13)15-9-25(23,24)10-16(15)21/h1-8,15-16,20-21H,9-10H2. The van der Waals surface area contributed by atoms with Gasteiger partial charge in [-0.2, -0.15) is 0 Å². The smallest absolute Gasteiger partial charge is 0.258 e. The van der Waals surface area contributed by atoms with E-state index < -0.39 is 33.6 Å². The number of aliphatic hydroxyl groups is 1. The molecule has 1 heterocycles. The van der Waals surface area contributed by atoms with Gasteiger partial charge in [-0.25, -0.2) is 8.42 Å². The highest BCUT2D eigenvalue weighted by molar-refractivity contribution is 7.91. The lowest BCUT2D eigenvalue weighted by Gasteiger charge is -2.30. The third-order valence-corrected chi connectivity index (χ3v) is 5.99. The minimum atomic E-state index is -3.46. The first-order valence-corrected chi connectivity index (χ1v) is 9.73. The minimum absolute atomic E-state index is 0.0678. The molecule has 2 N–H and O–H groups in total. The lowest BCUT2D eigenvalue weighted by molar-refractivity contribution is 0.0945. The highest BCUT2D eigenvalue weighted by atomic mass is 35.5. The molecule has 0 aromatic heterocycles. The zero-order chi connectivity index (χ0) is 18.2. The number of hydrogen-bond acceptors (Lipinski definition) is 5. The Labute approximate surface area is 150 Å². The molecule has 8 heteroatoms. The van der Waals surface area contributed by atoms with Crippen LogP contribution in [0.4, 0.5) is 5.69 Å². The predicted octanol–water partition coefficient (Wildman–Crippen LogP) is 1.85. The summed E-state index contributed by atoms with van der Waals surface area (Å²) in [4.78, 5) is 14.2. The van der Waals surface area contributed by atoms with E-state index in [0.29, 0.717) is 16.3 Å². The van der Waals surface area contributed by atoms with Crippen LogP contribution < -0.4 is 4.90 Å². The third kappa shape index (κ3) is 3.78. The first-order chi connectivity index (χ1) is 11.8. The molecule has 1 aliphatic heterocycles. The average molecular weight is 382 g/mol. The van der Waals surface area contributed by atoms with E-state index >= 15 is 0 Å². The predicted molar refractivity (Wildman–Crippen MR) is 94.8 cm³/mol. The Morgan fingerprint density at radius 2 is 1.80 bits per heavy atom. The monoisotopic (exact) mass is 381 g/mol. The van der Waals surface area contributed by atoms with Crippen molar-refractivity contribution in [3.8, 4) is 5.75 Å². The van der Waals surface area contributed by atoms with Crippen LogP contribution in [0.15, 0.2) is 48.5 Å². The molecule has 1 fully saturated rings. The number of sulfone groups is 1. The summed E-state index contributed by atoms with van der Waals surface area (Å²) in [5, 5.41) is 20.4. The first-order valence-electron chi connectivity index (χ1n) is 7.53. The number of halogens is 1. The molecule has 1 amide bonds. The lowest BCUT2D eigenvalue weighted by atomic mass is 10.1. The van der Waals surface area contributed by atoms with E-state index in [4.69, 9.17) is 11.6 Å². The van der Waals surface area contributed by atoms with Gasteiger partial charge in [-0.1, -0.05) is 17.7 Å². The molecule has 0 spiro atoms. The topological polar surface area (TPSA) is 94.9 Å². The highest BCUT2D eigenvalue weighted by Crippen LogP contribution is 2.29. The van der Waals surface area contributed by atoms with Crippen LogP contribution in [-0.2, 0) is 9.84 Å². The molecule has 0 radical (unpaired) electrons. The van der Waals surface area contributed by atoms with Crippen LogP contribution in [-0.4, -0.2) is 48.2 Å². The SMILES string of the molecule is O=C(c1ccc(Cl)cc1)N(c1cccc(O)c1)C1CS(=O)(=O)CC1O. The van der Waals surface area contributed by atoms with Crippen LogP contribution in [0, 0.1) is 0 Å². The number of carbonyl (C=O) groups excluding carboxylic acids is 1. The average Bonchev–Trinajstić information content (AvgIpc) is 2.81. The molecular formula is C17H16ClNO5S. The Morgan fingerprint density at radius 3 is 2.36 bits per heavy atom. The van der Waals surface area contributed by atoms with E-state index in [9.17, 15) is 23.4 Å². The Balaban J connectivity index is 2.06. The molecule has 1 aliphatic rings. The molecule has 2 atom stereocenters. The van der Waals surface area contributed by atoms with Gasteiger partial charge in [0, 0.05) is 22.3 Å². The maximum absolute atomic E-state index is 13.0. The van der Waals surface area contributed by atoms with Gasteiger partial charge in [-0.05, 0) is 36.4 Å². The highest BCUT2D eigenvalue weighted by Gasteiger charge is 2.42. The number of hydrogen-bond donors (Lipinski definition) is 2. The molecule has 25 heavy (non-hydrogen) atoms. The lowest BCUT2D eigenvalue weighted by Crippen LogP contribution is -2.47. The molecular weight excluding hydrogens is 366 g/mol.